The number of carbonyl (C=O) groups excluding carboxylic acids is 1. The normalized spacial score (nSPS) is 25.3. The van der Waals surface area contributed by atoms with E-state index in [0.717, 1.165) is 27.6 Å². The summed E-state index contributed by atoms with van der Waals surface area (Å²) in [5.41, 5.74) is 5.23. The molecule has 0 spiro atoms. The van der Waals surface area contributed by atoms with Crippen molar-refractivity contribution >= 4 is 33.2 Å². The van der Waals surface area contributed by atoms with E-state index < -0.39 is 0 Å². The standard InChI is InChI=1S/C29H28BrNO2/c1-3-33-29(32)27-25(22-9-5-4-6-10-22)19-23(21-15-13-20(2)14-16-21)17-18-31-28(27)24-11-7-8-12-26(24)30/h4-13,15-18,20,23H,3,14,19H2,1-2H3/b18-17+,27-25-,31-28-. The Labute approximate surface area is 204 Å². The largest absolute Gasteiger partial charge is 0.462 e. The van der Waals surface area contributed by atoms with Gasteiger partial charge in [-0.1, -0.05) is 95.7 Å². The maximum atomic E-state index is 13.4. The van der Waals surface area contributed by atoms with Gasteiger partial charge in [0.1, 0.15) is 0 Å². The van der Waals surface area contributed by atoms with Crippen molar-refractivity contribution in [3.05, 3.63) is 112 Å². The highest BCUT2D eigenvalue weighted by Crippen LogP contribution is 2.36. The molecule has 0 saturated carbocycles. The maximum absolute atomic E-state index is 13.4. The van der Waals surface area contributed by atoms with Crippen molar-refractivity contribution in [1.29, 1.82) is 0 Å². The number of hydrogen-bond donors (Lipinski definition) is 0. The molecule has 2 unspecified atom stereocenters. The molecular formula is C29H28BrNO2. The lowest BCUT2D eigenvalue weighted by Crippen LogP contribution is -2.21. The van der Waals surface area contributed by atoms with E-state index in [1.54, 1.807) is 0 Å². The van der Waals surface area contributed by atoms with Crippen molar-refractivity contribution in [2.75, 3.05) is 6.61 Å². The van der Waals surface area contributed by atoms with Crippen LogP contribution in [0.15, 0.2) is 106 Å². The summed E-state index contributed by atoms with van der Waals surface area (Å²) in [5, 5.41) is 0. The van der Waals surface area contributed by atoms with Gasteiger partial charge in [-0.3, -0.25) is 4.99 Å². The van der Waals surface area contributed by atoms with Crippen molar-refractivity contribution in [2.45, 2.75) is 26.7 Å². The predicted octanol–water partition coefficient (Wildman–Crippen LogP) is 7.31. The van der Waals surface area contributed by atoms with Crippen LogP contribution in [0.1, 0.15) is 37.8 Å². The van der Waals surface area contributed by atoms with Crippen molar-refractivity contribution in [1.82, 2.24) is 0 Å². The number of hydrogen-bond acceptors (Lipinski definition) is 3. The van der Waals surface area contributed by atoms with Gasteiger partial charge in [0.05, 0.1) is 17.9 Å². The van der Waals surface area contributed by atoms with Gasteiger partial charge in [0.2, 0.25) is 0 Å². The minimum atomic E-state index is -0.346. The van der Waals surface area contributed by atoms with Crippen LogP contribution in [0.25, 0.3) is 5.57 Å². The molecule has 0 fully saturated rings. The van der Waals surface area contributed by atoms with Crippen LogP contribution in [0.3, 0.4) is 0 Å². The Morgan fingerprint density at radius 2 is 1.85 bits per heavy atom. The molecule has 1 aliphatic carbocycles. The summed E-state index contributed by atoms with van der Waals surface area (Å²) in [6, 6.07) is 18.0. The van der Waals surface area contributed by atoms with E-state index in [-0.39, 0.29) is 11.9 Å². The summed E-state index contributed by atoms with van der Waals surface area (Å²) in [6.07, 6.45) is 12.5. The summed E-state index contributed by atoms with van der Waals surface area (Å²) in [4.78, 5) is 18.3. The quantitative estimate of drug-likeness (QED) is 0.402. The summed E-state index contributed by atoms with van der Waals surface area (Å²) in [6.45, 7) is 4.36. The van der Waals surface area contributed by atoms with Crippen LogP contribution in [-0.2, 0) is 9.53 Å². The third-order valence-electron chi connectivity index (χ3n) is 5.99. The molecule has 0 N–H and O–H groups in total. The van der Waals surface area contributed by atoms with Crippen LogP contribution >= 0.6 is 15.9 Å². The average molecular weight is 502 g/mol. The zero-order valence-corrected chi connectivity index (χ0v) is 20.6. The van der Waals surface area contributed by atoms with Crippen LogP contribution in [0.4, 0.5) is 0 Å². The van der Waals surface area contributed by atoms with Crippen LogP contribution in [0, 0.1) is 11.8 Å². The fraction of sp³-hybridized carbons (Fsp3) is 0.241. The molecule has 33 heavy (non-hydrogen) atoms. The highest BCUT2D eigenvalue weighted by molar-refractivity contribution is 9.10. The molecule has 2 aromatic rings. The van der Waals surface area contributed by atoms with E-state index in [2.05, 4.69) is 59.3 Å². The summed E-state index contributed by atoms with van der Waals surface area (Å²) in [5.74, 6) is 0.324. The number of esters is 1. The lowest BCUT2D eigenvalue weighted by atomic mass is 9.81. The first-order valence-electron chi connectivity index (χ1n) is 11.4. The number of allylic oxidation sites excluding steroid dienone is 6. The molecule has 0 amide bonds. The second-order valence-corrected chi connectivity index (χ2v) is 9.18. The van der Waals surface area contributed by atoms with Crippen LogP contribution in [-0.4, -0.2) is 18.3 Å². The van der Waals surface area contributed by atoms with Crippen LogP contribution < -0.4 is 0 Å². The van der Waals surface area contributed by atoms with Gasteiger partial charge in [-0.15, -0.1) is 0 Å². The Morgan fingerprint density at radius 3 is 2.55 bits per heavy atom. The Hall–Kier alpha value is -2.98. The maximum Gasteiger partial charge on any atom is 0.340 e. The minimum Gasteiger partial charge on any atom is -0.462 e. The van der Waals surface area contributed by atoms with Crippen LogP contribution in [0.5, 0.6) is 0 Å². The van der Waals surface area contributed by atoms with Gasteiger partial charge in [0.25, 0.3) is 0 Å². The number of aliphatic imine (C=N–C) groups is 1. The lowest BCUT2D eigenvalue weighted by molar-refractivity contribution is -0.137. The van der Waals surface area contributed by atoms with Gasteiger partial charge in [-0.05, 0) is 48.5 Å². The minimum absolute atomic E-state index is 0.123. The average Bonchev–Trinajstić information content (AvgIpc) is 2.81. The SMILES string of the molecule is CCOC(=O)C1=C(\c2ccccc2)CC(C2=CCC(C)C=C2)/C=C/N=C\1c1ccccc1Br. The first-order valence-corrected chi connectivity index (χ1v) is 12.2. The van der Waals surface area contributed by atoms with Gasteiger partial charge >= 0.3 is 5.97 Å². The summed E-state index contributed by atoms with van der Waals surface area (Å²) >= 11 is 3.65. The number of benzene rings is 2. The fourth-order valence-corrected chi connectivity index (χ4v) is 4.72. The molecule has 3 nitrogen and oxygen atoms in total. The topological polar surface area (TPSA) is 38.7 Å². The molecule has 2 atom stereocenters. The second kappa shape index (κ2) is 10.8. The van der Waals surface area contributed by atoms with Crippen LogP contribution in [0.2, 0.25) is 0 Å². The lowest BCUT2D eigenvalue weighted by Gasteiger charge is -2.24. The molecule has 4 rings (SSSR count). The van der Waals surface area contributed by atoms with E-state index in [9.17, 15) is 4.79 Å². The van der Waals surface area contributed by atoms with Crippen molar-refractivity contribution in [2.24, 2.45) is 16.8 Å². The van der Waals surface area contributed by atoms with Gasteiger partial charge in [0, 0.05) is 22.2 Å². The van der Waals surface area contributed by atoms with Gasteiger partial charge in [-0.25, -0.2) is 4.79 Å². The molecule has 0 aromatic heterocycles. The molecule has 1 aliphatic heterocycles. The molecule has 168 valence electrons. The first kappa shape index (κ1) is 23.2. The van der Waals surface area contributed by atoms with Gasteiger partial charge in [0.15, 0.2) is 0 Å². The predicted molar refractivity (Wildman–Crippen MR) is 139 cm³/mol. The molecule has 2 aromatic carbocycles. The molecule has 2 aliphatic rings. The third kappa shape index (κ3) is 5.33. The Kier molecular flexibility index (Phi) is 7.56. The number of halogens is 1. The number of ether oxygens (including phenoxy) is 1. The summed E-state index contributed by atoms with van der Waals surface area (Å²) < 4.78 is 6.45. The van der Waals surface area contributed by atoms with Crippen molar-refractivity contribution in [3.8, 4) is 0 Å². The molecule has 0 radical (unpaired) electrons. The monoisotopic (exact) mass is 501 g/mol. The van der Waals surface area contributed by atoms with E-state index in [1.807, 2.05) is 55.6 Å². The highest BCUT2D eigenvalue weighted by Gasteiger charge is 2.28. The molecule has 0 bridgehead atoms. The molecule has 0 saturated heterocycles. The van der Waals surface area contributed by atoms with E-state index >= 15 is 0 Å². The molecular weight excluding hydrogens is 474 g/mol. The smallest absolute Gasteiger partial charge is 0.340 e. The van der Waals surface area contributed by atoms with Crippen molar-refractivity contribution < 1.29 is 9.53 Å². The number of rotatable bonds is 5. The van der Waals surface area contributed by atoms with Gasteiger partial charge < -0.3 is 4.74 Å². The Bertz CT molecular complexity index is 1170. The highest BCUT2D eigenvalue weighted by atomic mass is 79.9. The van der Waals surface area contributed by atoms with Crippen molar-refractivity contribution in [3.63, 3.8) is 0 Å². The Balaban J connectivity index is 1.94. The third-order valence-corrected chi connectivity index (χ3v) is 6.68. The molecule has 1 heterocycles. The number of carbonyl (C=O) groups is 1. The van der Waals surface area contributed by atoms with Gasteiger partial charge in [-0.2, -0.15) is 0 Å². The second-order valence-electron chi connectivity index (χ2n) is 8.33. The van der Waals surface area contributed by atoms with E-state index in [1.165, 1.54) is 5.57 Å². The Morgan fingerprint density at radius 1 is 1.09 bits per heavy atom. The molecule has 4 heteroatoms. The zero-order chi connectivity index (χ0) is 23.2. The first-order chi connectivity index (χ1) is 16.1. The summed E-state index contributed by atoms with van der Waals surface area (Å²) in [7, 11) is 0. The van der Waals surface area contributed by atoms with E-state index in [4.69, 9.17) is 9.73 Å². The zero-order valence-electron chi connectivity index (χ0n) is 19.0. The number of nitrogens with zero attached hydrogens (tertiary/aromatic N) is 1. The van der Waals surface area contributed by atoms with E-state index in [0.29, 0.717) is 30.2 Å². The fourth-order valence-electron chi connectivity index (χ4n) is 4.25.